The quantitative estimate of drug-likeness (QED) is 0.622. The molecule has 2 rings (SSSR count). The number of rotatable bonds is 6. The lowest BCUT2D eigenvalue weighted by molar-refractivity contribution is -1.01. The van der Waals surface area contributed by atoms with E-state index in [0.717, 1.165) is 18.7 Å². The lowest BCUT2D eigenvalue weighted by atomic mass is 10.1. The van der Waals surface area contributed by atoms with Crippen molar-refractivity contribution in [3.8, 4) is 0 Å². The van der Waals surface area contributed by atoms with Gasteiger partial charge in [-0.1, -0.05) is 37.3 Å². The van der Waals surface area contributed by atoms with E-state index in [0.29, 0.717) is 6.54 Å². The van der Waals surface area contributed by atoms with E-state index in [-0.39, 0.29) is 11.9 Å². The molecule has 1 aliphatic rings. The van der Waals surface area contributed by atoms with Gasteiger partial charge in [-0.15, -0.1) is 0 Å². The molecule has 21 heavy (non-hydrogen) atoms. The Morgan fingerprint density at radius 1 is 1.14 bits per heavy atom. The molecule has 0 radical (unpaired) electrons. The number of piperazine rings is 1. The lowest BCUT2D eigenvalue weighted by Gasteiger charge is -2.29. The topological polar surface area (TPSA) is 38.0 Å². The third kappa shape index (κ3) is 5.14. The fourth-order valence-electron chi connectivity index (χ4n) is 3.08. The summed E-state index contributed by atoms with van der Waals surface area (Å²) in [4.78, 5) is 15.3. The molecule has 0 aliphatic carbocycles. The summed E-state index contributed by atoms with van der Waals surface area (Å²) in [5.74, 6) is 0.167. The molecule has 1 heterocycles. The molecule has 4 nitrogen and oxygen atoms in total. The summed E-state index contributed by atoms with van der Waals surface area (Å²) < 4.78 is 0. The molecular formula is C17H29N3O+2. The Hall–Kier alpha value is -1.39. The molecule has 1 aliphatic heterocycles. The Labute approximate surface area is 128 Å². The fraction of sp³-hybridized carbons (Fsp3) is 0.588. The van der Waals surface area contributed by atoms with Crippen molar-refractivity contribution in [2.45, 2.75) is 26.3 Å². The monoisotopic (exact) mass is 291 g/mol. The molecular weight excluding hydrogens is 262 g/mol. The third-order valence-corrected chi connectivity index (χ3v) is 4.36. The fourth-order valence-corrected chi connectivity index (χ4v) is 3.08. The molecule has 1 aromatic carbocycles. The van der Waals surface area contributed by atoms with Gasteiger partial charge in [0.05, 0.1) is 12.6 Å². The zero-order valence-corrected chi connectivity index (χ0v) is 13.3. The van der Waals surface area contributed by atoms with E-state index in [1.54, 1.807) is 4.90 Å². The SMILES string of the molecule is CCC[NH+]1CC[NH+](CC(=O)N[C@@H](C)c2ccccc2)CC1. The normalized spacial score (nSPS) is 23.5. The zero-order valence-electron chi connectivity index (χ0n) is 13.3. The molecule has 1 amide bonds. The summed E-state index contributed by atoms with van der Waals surface area (Å²) in [6.07, 6.45) is 1.25. The van der Waals surface area contributed by atoms with Crippen LogP contribution in [0.1, 0.15) is 31.9 Å². The molecule has 0 spiro atoms. The van der Waals surface area contributed by atoms with Crippen molar-refractivity contribution in [3.63, 3.8) is 0 Å². The Kier molecular flexibility index (Phi) is 6.21. The van der Waals surface area contributed by atoms with Crippen LogP contribution in [0.5, 0.6) is 0 Å². The van der Waals surface area contributed by atoms with Gasteiger partial charge in [-0.3, -0.25) is 4.79 Å². The molecule has 116 valence electrons. The van der Waals surface area contributed by atoms with Gasteiger partial charge in [-0.05, 0) is 18.9 Å². The van der Waals surface area contributed by atoms with Crippen LogP contribution in [0.15, 0.2) is 30.3 Å². The molecule has 1 fully saturated rings. The molecule has 1 aromatic rings. The van der Waals surface area contributed by atoms with Gasteiger partial charge < -0.3 is 15.1 Å². The van der Waals surface area contributed by atoms with Gasteiger partial charge >= 0.3 is 0 Å². The Balaban J connectivity index is 1.73. The van der Waals surface area contributed by atoms with Crippen molar-refractivity contribution in [3.05, 3.63) is 35.9 Å². The Bertz CT molecular complexity index is 427. The molecule has 0 saturated carbocycles. The molecule has 3 N–H and O–H groups in total. The van der Waals surface area contributed by atoms with Gasteiger partial charge in [-0.2, -0.15) is 0 Å². The lowest BCUT2D eigenvalue weighted by Crippen LogP contribution is -3.28. The minimum Gasteiger partial charge on any atom is -0.345 e. The first-order valence-electron chi connectivity index (χ1n) is 8.20. The van der Waals surface area contributed by atoms with Crippen LogP contribution in [0.4, 0.5) is 0 Å². The summed E-state index contributed by atoms with van der Waals surface area (Å²) in [5, 5.41) is 3.11. The van der Waals surface area contributed by atoms with Gasteiger partial charge in [0, 0.05) is 0 Å². The molecule has 1 saturated heterocycles. The maximum absolute atomic E-state index is 12.2. The highest BCUT2D eigenvalue weighted by Crippen LogP contribution is 2.10. The number of quaternary nitrogens is 2. The molecule has 4 heteroatoms. The van der Waals surface area contributed by atoms with E-state index < -0.39 is 0 Å². The summed E-state index contributed by atoms with van der Waals surface area (Å²) in [5.41, 5.74) is 1.16. The molecule has 0 aromatic heterocycles. The van der Waals surface area contributed by atoms with E-state index in [1.807, 2.05) is 25.1 Å². The third-order valence-electron chi connectivity index (χ3n) is 4.36. The van der Waals surface area contributed by atoms with Gasteiger partial charge in [0.15, 0.2) is 6.54 Å². The second kappa shape index (κ2) is 8.15. The molecule has 0 bridgehead atoms. The predicted molar refractivity (Wildman–Crippen MR) is 84.4 cm³/mol. The van der Waals surface area contributed by atoms with Crippen molar-refractivity contribution in [1.29, 1.82) is 0 Å². The first-order chi connectivity index (χ1) is 10.2. The van der Waals surface area contributed by atoms with Crippen molar-refractivity contribution in [2.75, 3.05) is 39.3 Å². The van der Waals surface area contributed by atoms with Crippen molar-refractivity contribution >= 4 is 5.91 Å². The summed E-state index contributed by atoms with van der Waals surface area (Å²) in [6.45, 7) is 10.8. The van der Waals surface area contributed by atoms with Crippen molar-refractivity contribution in [2.24, 2.45) is 0 Å². The van der Waals surface area contributed by atoms with E-state index in [1.165, 1.54) is 31.0 Å². The van der Waals surface area contributed by atoms with E-state index in [4.69, 9.17) is 0 Å². The van der Waals surface area contributed by atoms with Crippen LogP contribution in [0.3, 0.4) is 0 Å². The number of benzene rings is 1. The van der Waals surface area contributed by atoms with Crippen LogP contribution < -0.4 is 15.1 Å². The van der Waals surface area contributed by atoms with Crippen LogP contribution in [-0.2, 0) is 4.79 Å². The highest BCUT2D eigenvalue weighted by atomic mass is 16.2. The maximum Gasteiger partial charge on any atom is 0.275 e. The first kappa shape index (κ1) is 16.0. The first-order valence-corrected chi connectivity index (χ1v) is 8.20. The smallest absolute Gasteiger partial charge is 0.275 e. The number of carbonyl (C=O) groups is 1. The maximum atomic E-state index is 12.2. The summed E-state index contributed by atoms with van der Waals surface area (Å²) in [6, 6.07) is 10.2. The highest BCUT2D eigenvalue weighted by molar-refractivity contribution is 5.77. The van der Waals surface area contributed by atoms with Crippen molar-refractivity contribution in [1.82, 2.24) is 5.32 Å². The average Bonchev–Trinajstić information content (AvgIpc) is 2.50. The number of carbonyl (C=O) groups excluding carboxylic acids is 1. The number of amides is 1. The standard InChI is InChI=1S/C17H27N3O/c1-3-9-19-10-12-20(13-11-19)14-17(21)18-15(2)16-7-5-4-6-8-16/h4-8,15H,3,9-14H2,1-2H3,(H,18,21)/p+2/t15-/m0/s1. The second-order valence-corrected chi connectivity index (χ2v) is 6.13. The largest absolute Gasteiger partial charge is 0.345 e. The number of hydrogen-bond acceptors (Lipinski definition) is 1. The Morgan fingerprint density at radius 2 is 1.76 bits per heavy atom. The van der Waals surface area contributed by atoms with Gasteiger partial charge in [0.2, 0.25) is 0 Å². The minimum absolute atomic E-state index is 0.0881. The zero-order chi connectivity index (χ0) is 15.1. The number of hydrogen-bond donors (Lipinski definition) is 3. The van der Waals surface area contributed by atoms with Gasteiger partial charge in [-0.25, -0.2) is 0 Å². The van der Waals surface area contributed by atoms with Gasteiger partial charge in [0.25, 0.3) is 5.91 Å². The number of nitrogens with one attached hydrogen (secondary N) is 3. The molecule has 0 unspecified atom stereocenters. The summed E-state index contributed by atoms with van der Waals surface area (Å²) in [7, 11) is 0. The average molecular weight is 291 g/mol. The predicted octanol–water partition coefficient (Wildman–Crippen LogP) is -0.943. The van der Waals surface area contributed by atoms with Crippen LogP contribution in [-0.4, -0.2) is 45.2 Å². The Morgan fingerprint density at radius 3 is 2.38 bits per heavy atom. The van der Waals surface area contributed by atoms with Crippen LogP contribution in [0.25, 0.3) is 0 Å². The second-order valence-electron chi connectivity index (χ2n) is 6.13. The summed E-state index contributed by atoms with van der Waals surface area (Å²) >= 11 is 0. The van der Waals surface area contributed by atoms with Crippen LogP contribution >= 0.6 is 0 Å². The molecule has 1 atom stereocenters. The minimum atomic E-state index is 0.0881. The van der Waals surface area contributed by atoms with Crippen molar-refractivity contribution < 1.29 is 14.6 Å². The van der Waals surface area contributed by atoms with Crippen LogP contribution in [0, 0.1) is 0 Å². The van der Waals surface area contributed by atoms with Crippen LogP contribution in [0.2, 0.25) is 0 Å². The van der Waals surface area contributed by atoms with E-state index in [2.05, 4.69) is 24.4 Å². The highest BCUT2D eigenvalue weighted by Gasteiger charge is 2.24. The van der Waals surface area contributed by atoms with Gasteiger partial charge in [0.1, 0.15) is 26.2 Å². The van der Waals surface area contributed by atoms with E-state index in [9.17, 15) is 4.79 Å². The van der Waals surface area contributed by atoms with E-state index >= 15 is 0 Å².